The van der Waals surface area contributed by atoms with Crippen LogP contribution in [0.2, 0.25) is 0 Å². The highest BCUT2D eigenvalue weighted by atomic mass is 16.5. The van der Waals surface area contributed by atoms with Gasteiger partial charge in [0.15, 0.2) is 0 Å². The normalized spacial score (nSPS) is 10.3. The number of nitrogens with two attached hydrogens (primary N) is 1. The van der Waals surface area contributed by atoms with Crippen LogP contribution in [-0.4, -0.2) is 12.1 Å². The minimum absolute atomic E-state index is 0.743. The lowest BCUT2D eigenvalue weighted by atomic mass is 9.99. The van der Waals surface area contributed by atoms with Crippen LogP contribution < -0.4 is 10.5 Å². The van der Waals surface area contributed by atoms with E-state index >= 15 is 0 Å². The molecule has 3 nitrogen and oxygen atoms in total. The van der Waals surface area contributed by atoms with Crippen LogP contribution in [0.4, 0.5) is 5.69 Å². The summed E-state index contributed by atoms with van der Waals surface area (Å²) in [6, 6.07) is 5.88. The average molecular weight is 228 g/mol. The van der Waals surface area contributed by atoms with Crippen LogP contribution in [0.25, 0.3) is 11.1 Å². The molecule has 3 heteroatoms. The summed E-state index contributed by atoms with van der Waals surface area (Å²) in [5.74, 6) is 0.782. The number of pyridine rings is 1. The highest BCUT2D eigenvalue weighted by Crippen LogP contribution is 2.34. The fraction of sp³-hybridized carbons (Fsp3) is 0.214. The summed E-state index contributed by atoms with van der Waals surface area (Å²) >= 11 is 0. The van der Waals surface area contributed by atoms with E-state index < -0.39 is 0 Å². The van der Waals surface area contributed by atoms with E-state index in [0.29, 0.717) is 0 Å². The van der Waals surface area contributed by atoms with Crippen molar-refractivity contribution in [1.29, 1.82) is 0 Å². The second-order valence-electron chi connectivity index (χ2n) is 4.10. The molecule has 0 aliphatic carbocycles. The fourth-order valence-corrected chi connectivity index (χ4v) is 1.83. The van der Waals surface area contributed by atoms with Crippen LogP contribution in [0.15, 0.2) is 30.6 Å². The topological polar surface area (TPSA) is 48.1 Å². The molecule has 2 rings (SSSR count). The van der Waals surface area contributed by atoms with Crippen molar-refractivity contribution in [3.63, 3.8) is 0 Å². The van der Waals surface area contributed by atoms with Crippen molar-refractivity contribution < 1.29 is 4.74 Å². The summed E-state index contributed by atoms with van der Waals surface area (Å²) in [6.45, 7) is 4.05. The standard InChI is InChI=1S/C14H16N2O/c1-9-4-5-16-8-12(9)11-6-10(2)13(15)7-14(11)17-3/h4-8H,15H2,1-3H3. The maximum atomic E-state index is 5.89. The lowest BCUT2D eigenvalue weighted by molar-refractivity contribution is 0.416. The molecule has 0 fully saturated rings. The Morgan fingerprint density at radius 2 is 1.88 bits per heavy atom. The van der Waals surface area contributed by atoms with E-state index in [1.54, 1.807) is 13.3 Å². The monoisotopic (exact) mass is 228 g/mol. The minimum Gasteiger partial charge on any atom is -0.496 e. The van der Waals surface area contributed by atoms with Crippen molar-refractivity contribution in [3.05, 3.63) is 41.7 Å². The molecule has 0 amide bonds. The molecule has 0 spiro atoms. The zero-order chi connectivity index (χ0) is 12.4. The van der Waals surface area contributed by atoms with Gasteiger partial charge in [-0.2, -0.15) is 0 Å². The molecule has 0 aliphatic heterocycles. The molecule has 0 radical (unpaired) electrons. The van der Waals surface area contributed by atoms with Gasteiger partial charge in [0.2, 0.25) is 0 Å². The van der Waals surface area contributed by atoms with E-state index in [1.807, 2.05) is 31.3 Å². The van der Waals surface area contributed by atoms with Gasteiger partial charge in [-0.05, 0) is 37.1 Å². The van der Waals surface area contributed by atoms with Gasteiger partial charge in [0.25, 0.3) is 0 Å². The number of methoxy groups -OCH3 is 1. The van der Waals surface area contributed by atoms with Gasteiger partial charge in [0.05, 0.1) is 7.11 Å². The lowest BCUT2D eigenvalue weighted by Crippen LogP contribution is -1.96. The van der Waals surface area contributed by atoms with Gasteiger partial charge in [0, 0.05) is 35.3 Å². The Hall–Kier alpha value is -2.03. The van der Waals surface area contributed by atoms with Crippen LogP contribution in [-0.2, 0) is 0 Å². The van der Waals surface area contributed by atoms with Crippen LogP contribution in [0.5, 0.6) is 5.75 Å². The fourth-order valence-electron chi connectivity index (χ4n) is 1.83. The second kappa shape index (κ2) is 4.45. The zero-order valence-corrected chi connectivity index (χ0v) is 10.3. The van der Waals surface area contributed by atoms with E-state index in [-0.39, 0.29) is 0 Å². The molecular formula is C14H16N2O. The molecule has 0 saturated carbocycles. The number of hydrogen-bond acceptors (Lipinski definition) is 3. The van der Waals surface area contributed by atoms with Gasteiger partial charge in [-0.3, -0.25) is 4.98 Å². The molecule has 1 heterocycles. The number of aryl methyl sites for hydroxylation is 2. The Balaban J connectivity index is 2.67. The van der Waals surface area contributed by atoms with Crippen molar-refractivity contribution in [2.75, 3.05) is 12.8 Å². The van der Waals surface area contributed by atoms with Gasteiger partial charge in [-0.25, -0.2) is 0 Å². The lowest BCUT2D eigenvalue weighted by Gasteiger charge is -2.13. The third-order valence-corrected chi connectivity index (χ3v) is 2.92. The molecule has 17 heavy (non-hydrogen) atoms. The first-order valence-corrected chi connectivity index (χ1v) is 5.48. The third kappa shape index (κ3) is 2.09. The Morgan fingerprint density at radius 1 is 1.12 bits per heavy atom. The molecule has 2 aromatic rings. The first-order valence-electron chi connectivity index (χ1n) is 5.48. The zero-order valence-electron chi connectivity index (χ0n) is 10.3. The smallest absolute Gasteiger partial charge is 0.128 e. The molecule has 0 aliphatic rings. The maximum absolute atomic E-state index is 5.89. The summed E-state index contributed by atoms with van der Waals surface area (Å²) in [6.07, 6.45) is 3.64. The third-order valence-electron chi connectivity index (χ3n) is 2.92. The number of aromatic nitrogens is 1. The summed E-state index contributed by atoms with van der Waals surface area (Å²) in [5, 5.41) is 0. The highest BCUT2D eigenvalue weighted by Gasteiger charge is 2.10. The molecule has 0 atom stereocenters. The second-order valence-corrected chi connectivity index (χ2v) is 4.10. The maximum Gasteiger partial charge on any atom is 0.128 e. The molecule has 2 N–H and O–H groups in total. The van der Waals surface area contributed by atoms with Crippen molar-refractivity contribution >= 4 is 5.69 Å². The molecule has 1 aromatic carbocycles. The van der Waals surface area contributed by atoms with E-state index in [4.69, 9.17) is 10.5 Å². The molecule has 0 unspecified atom stereocenters. The van der Waals surface area contributed by atoms with Crippen molar-refractivity contribution in [2.45, 2.75) is 13.8 Å². The van der Waals surface area contributed by atoms with Gasteiger partial charge in [-0.15, -0.1) is 0 Å². The van der Waals surface area contributed by atoms with Gasteiger partial charge < -0.3 is 10.5 Å². The molecular weight excluding hydrogens is 212 g/mol. The van der Waals surface area contributed by atoms with Gasteiger partial charge in [0.1, 0.15) is 5.75 Å². The largest absolute Gasteiger partial charge is 0.496 e. The molecule has 0 bridgehead atoms. The summed E-state index contributed by atoms with van der Waals surface area (Å²) < 4.78 is 5.38. The number of anilines is 1. The number of ether oxygens (including phenoxy) is 1. The van der Waals surface area contributed by atoms with E-state index in [2.05, 4.69) is 11.9 Å². The average Bonchev–Trinajstić information content (AvgIpc) is 2.33. The van der Waals surface area contributed by atoms with Crippen LogP contribution in [0.1, 0.15) is 11.1 Å². The van der Waals surface area contributed by atoms with Crippen molar-refractivity contribution in [3.8, 4) is 16.9 Å². The summed E-state index contributed by atoms with van der Waals surface area (Å²) in [4.78, 5) is 4.16. The Kier molecular flexibility index (Phi) is 3.00. The Bertz CT molecular complexity index is 550. The Labute approximate surface area is 101 Å². The number of rotatable bonds is 2. The summed E-state index contributed by atoms with van der Waals surface area (Å²) in [5.41, 5.74) is 11.0. The molecule has 1 aromatic heterocycles. The van der Waals surface area contributed by atoms with Crippen LogP contribution >= 0.6 is 0 Å². The van der Waals surface area contributed by atoms with Gasteiger partial charge in [-0.1, -0.05) is 0 Å². The van der Waals surface area contributed by atoms with E-state index in [1.165, 1.54) is 5.56 Å². The first-order chi connectivity index (χ1) is 8.13. The highest BCUT2D eigenvalue weighted by molar-refractivity contribution is 5.76. The number of nitrogens with zero attached hydrogens (tertiary/aromatic N) is 1. The predicted molar refractivity (Wildman–Crippen MR) is 70.1 cm³/mol. The minimum atomic E-state index is 0.743. The van der Waals surface area contributed by atoms with Crippen molar-refractivity contribution in [1.82, 2.24) is 4.98 Å². The van der Waals surface area contributed by atoms with Crippen LogP contribution in [0.3, 0.4) is 0 Å². The molecule has 88 valence electrons. The van der Waals surface area contributed by atoms with Crippen LogP contribution in [0, 0.1) is 13.8 Å². The van der Waals surface area contributed by atoms with E-state index in [9.17, 15) is 0 Å². The quantitative estimate of drug-likeness (QED) is 0.804. The molecule has 0 saturated heterocycles. The van der Waals surface area contributed by atoms with Gasteiger partial charge >= 0.3 is 0 Å². The number of benzene rings is 1. The van der Waals surface area contributed by atoms with Crippen molar-refractivity contribution in [2.24, 2.45) is 0 Å². The summed E-state index contributed by atoms with van der Waals surface area (Å²) in [7, 11) is 1.65. The van der Waals surface area contributed by atoms with E-state index in [0.717, 1.165) is 28.1 Å². The predicted octanol–water partition coefficient (Wildman–Crippen LogP) is 2.96. The number of hydrogen-bond donors (Lipinski definition) is 1. The first kappa shape index (κ1) is 11.5. The SMILES string of the molecule is COc1cc(N)c(C)cc1-c1cnccc1C. The Morgan fingerprint density at radius 3 is 2.53 bits per heavy atom. The number of nitrogen functional groups attached to an aromatic ring is 1.